The smallest absolute Gasteiger partial charge is 0.211 e. The van der Waals surface area contributed by atoms with Crippen LogP contribution in [0.2, 0.25) is 0 Å². The van der Waals surface area contributed by atoms with Gasteiger partial charge in [0.25, 0.3) is 0 Å². The summed E-state index contributed by atoms with van der Waals surface area (Å²) in [6, 6.07) is 0. The maximum atomic E-state index is 12.6. The van der Waals surface area contributed by atoms with E-state index >= 15 is 0 Å². The number of nitrogens with zero attached hydrogens (tertiary/aromatic N) is 2. The van der Waals surface area contributed by atoms with Crippen LogP contribution >= 0.6 is 0 Å². The van der Waals surface area contributed by atoms with Crippen LogP contribution in [-0.4, -0.2) is 45.0 Å². The van der Waals surface area contributed by atoms with Gasteiger partial charge >= 0.3 is 0 Å². The third-order valence-corrected chi connectivity index (χ3v) is 3.99. The molecule has 0 spiro atoms. The Morgan fingerprint density at radius 3 is 2.52 bits per heavy atom. The highest BCUT2D eigenvalue weighted by molar-refractivity contribution is 6.25. The Kier molecular flexibility index (Phi) is 3.06. The van der Waals surface area contributed by atoms with Crippen molar-refractivity contribution >= 4 is 17.3 Å². The van der Waals surface area contributed by atoms with Gasteiger partial charge in [0.15, 0.2) is 5.78 Å². The van der Waals surface area contributed by atoms with Crippen molar-refractivity contribution in [1.29, 1.82) is 0 Å². The maximum Gasteiger partial charge on any atom is 0.211 e. The molecule has 6 heteroatoms. The van der Waals surface area contributed by atoms with Gasteiger partial charge in [0.05, 0.1) is 23.6 Å². The van der Waals surface area contributed by atoms with Crippen molar-refractivity contribution in [3.8, 4) is 0 Å². The van der Waals surface area contributed by atoms with Gasteiger partial charge in [-0.25, -0.2) is 0 Å². The van der Waals surface area contributed by atoms with Gasteiger partial charge in [0.2, 0.25) is 11.6 Å². The second-order valence-corrected chi connectivity index (χ2v) is 5.25. The molecule has 3 rings (SSSR count). The van der Waals surface area contributed by atoms with Crippen molar-refractivity contribution in [2.75, 3.05) is 13.1 Å². The summed E-state index contributed by atoms with van der Waals surface area (Å²) in [6.45, 7) is 2.78. The maximum absolute atomic E-state index is 12.6. The third-order valence-electron chi connectivity index (χ3n) is 3.99. The number of rotatable bonds is 4. The van der Waals surface area contributed by atoms with E-state index in [4.69, 9.17) is 0 Å². The van der Waals surface area contributed by atoms with E-state index in [1.807, 2.05) is 0 Å². The molecule has 1 aromatic heterocycles. The molecular weight excluding hydrogens is 272 g/mol. The quantitative estimate of drug-likeness (QED) is 0.651. The fraction of sp³-hybridized carbons (Fsp3) is 0.400. The standard InChI is InChI=1S/C15H16N2O4/c1-3-10(19)13-8(7-18)12-14(16(13)2)11(20)6-9(15(12)21)17-4-5-17/h6,18H,3-5,7H2,1-2H3. The summed E-state index contributed by atoms with van der Waals surface area (Å²) in [5, 5.41) is 9.61. The van der Waals surface area contributed by atoms with Crippen LogP contribution in [0.1, 0.15) is 50.2 Å². The third kappa shape index (κ3) is 1.86. The summed E-state index contributed by atoms with van der Waals surface area (Å²) < 4.78 is 1.45. The van der Waals surface area contributed by atoms with Gasteiger partial charge in [-0.2, -0.15) is 0 Å². The van der Waals surface area contributed by atoms with E-state index in [1.54, 1.807) is 18.9 Å². The molecule has 6 nitrogen and oxygen atoms in total. The lowest BCUT2D eigenvalue weighted by Crippen LogP contribution is -2.22. The van der Waals surface area contributed by atoms with Crippen molar-refractivity contribution in [2.45, 2.75) is 20.0 Å². The van der Waals surface area contributed by atoms with Crippen LogP contribution in [-0.2, 0) is 13.7 Å². The first-order valence-corrected chi connectivity index (χ1v) is 6.92. The summed E-state index contributed by atoms with van der Waals surface area (Å²) in [5.41, 5.74) is 1.28. The molecule has 110 valence electrons. The summed E-state index contributed by atoms with van der Waals surface area (Å²) in [5.74, 6) is -0.763. The van der Waals surface area contributed by atoms with Crippen molar-refractivity contribution in [1.82, 2.24) is 9.47 Å². The molecule has 0 saturated carbocycles. The van der Waals surface area contributed by atoms with Gasteiger partial charge in [-0.3, -0.25) is 14.4 Å². The lowest BCUT2D eigenvalue weighted by atomic mass is 9.94. The van der Waals surface area contributed by atoms with E-state index in [2.05, 4.69) is 0 Å². The van der Waals surface area contributed by atoms with Gasteiger partial charge in [-0.05, 0) is 0 Å². The number of aliphatic hydroxyl groups is 1. The Hall–Kier alpha value is -2.21. The largest absolute Gasteiger partial charge is 0.392 e. The molecule has 0 amide bonds. The number of hydrogen-bond donors (Lipinski definition) is 1. The van der Waals surface area contributed by atoms with E-state index < -0.39 is 6.61 Å². The SMILES string of the molecule is CCC(=O)c1c(CO)c2c(n1C)C(=O)C=C(N1CC1)C2=O. The number of allylic oxidation sites excluding steroid dienone is 2. The fourth-order valence-electron chi connectivity index (χ4n) is 2.87. The molecule has 0 aromatic carbocycles. The van der Waals surface area contributed by atoms with E-state index in [0.717, 1.165) is 13.1 Å². The molecule has 2 aliphatic rings. The average molecular weight is 288 g/mol. The molecule has 1 fully saturated rings. The lowest BCUT2D eigenvalue weighted by molar-refractivity contribution is 0.0963. The Labute approximate surface area is 121 Å². The van der Waals surface area contributed by atoms with E-state index in [9.17, 15) is 19.5 Å². The number of fused-ring (bicyclic) bond motifs is 1. The molecule has 1 saturated heterocycles. The second kappa shape index (κ2) is 4.66. The number of aliphatic hydroxyl groups excluding tert-OH is 1. The average Bonchev–Trinajstić information content (AvgIpc) is 3.25. The zero-order chi connectivity index (χ0) is 15.3. The van der Waals surface area contributed by atoms with Crippen LogP contribution in [0, 0.1) is 0 Å². The van der Waals surface area contributed by atoms with Crippen LogP contribution in [0.15, 0.2) is 11.8 Å². The summed E-state index contributed by atoms with van der Waals surface area (Å²) in [6.07, 6.45) is 1.58. The Morgan fingerprint density at radius 2 is 2.00 bits per heavy atom. The predicted octanol–water partition coefficient (Wildman–Crippen LogP) is 0.689. The molecule has 1 N–H and O–H groups in total. The lowest BCUT2D eigenvalue weighted by Gasteiger charge is -2.14. The first kappa shape index (κ1) is 13.8. The van der Waals surface area contributed by atoms with Crippen LogP contribution in [0.25, 0.3) is 0 Å². The van der Waals surface area contributed by atoms with Crippen LogP contribution in [0.5, 0.6) is 0 Å². The van der Waals surface area contributed by atoms with Gasteiger partial charge in [0.1, 0.15) is 5.69 Å². The normalized spacial score (nSPS) is 16.9. The van der Waals surface area contributed by atoms with Crippen molar-refractivity contribution in [2.24, 2.45) is 7.05 Å². The molecule has 0 radical (unpaired) electrons. The van der Waals surface area contributed by atoms with Gasteiger partial charge in [-0.1, -0.05) is 6.92 Å². The zero-order valence-electron chi connectivity index (χ0n) is 12.0. The number of carbonyl (C=O) groups excluding carboxylic acids is 3. The number of aromatic nitrogens is 1. The van der Waals surface area contributed by atoms with E-state index in [0.29, 0.717) is 5.70 Å². The molecule has 1 aliphatic heterocycles. The number of Topliss-reactive ketones (excluding diaryl/α,β-unsaturated/α-hetero) is 2. The van der Waals surface area contributed by atoms with Gasteiger partial charge in [0, 0.05) is 38.2 Å². The minimum atomic E-state index is -0.434. The summed E-state index contributed by atoms with van der Waals surface area (Å²) >= 11 is 0. The van der Waals surface area contributed by atoms with Gasteiger partial charge < -0.3 is 14.6 Å². The highest BCUT2D eigenvalue weighted by Gasteiger charge is 2.39. The topological polar surface area (TPSA) is 79.4 Å². The Balaban J connectivity index is 2.24. The van der Waals surface area contributed by atoms with Crippen LogP contribution in [0.4, 0.5) is 0 Å². The van der Waals surface area contributed by atoms with Crippen LogP contribution < -0.4 is 0 Å². The molecular formula is C15H16N2O4. The predicted molar refractivity (Wildman–Crippen MR) is 74.3 cm³/mol. The molecule has 0 bridgehead atoms. The van der Waals surface area contributed by atoms with E-state index in [-0.39, 0.29) is 46.3 Å². The molecule has 2 heterocycles. The minimum Gasteiger partial charge on any atom is -0.392 e. The highest BCUT2D eigenvalue weighted by atomic mass is 16.3. The molecule has 0 atom stereocenters. The number of ketones is 3. The first-order chi connectivity index (χ1) is 10.0. The van der Waals surface area contributed by atoms with Crippen molar-refractivity contribution < 1.29 is 19.5 Å². The summed E-state index contributed by atoms with van der Waals surface area (Å²) in [4.78, 5) is 38.8. The molecule has 0 unspecified atom stereocenters. The first-order valence-electron chi connectivity index (χ1n) is 6.92. The molecule has 1 aliphatic carbocycles. The minimum absolute atomic E-state index is 0.186. The van der Waals surface area contributed by atoms with Crippen LogP contribution in [0.3, 0.4) is 0 Å². The van der Waals surface area contributed by atoms with E-state index in [1.165, 1.54) is 10.6 Å². The zero-order valence-corrected chi connectivity index (χ0v) is 12.0. The monoisotopic (exact) mass is 288 g/mol. The number of hydrogen-bond acceptors (Lipinski definition) is 5. The Bertz CT molecular complexity index is 708. The molecule has 1 aromatic rings. The fourth-order valence-corrected chi connectivity index (χ4v) is 2.87. The Morgan fingerprint density at radius 1 is 1.33 bits per heavy atom. The second-order valence-electron chi connectivity index (χ2n) is 5.25. The van der Waals surface area contributed by atoms with Crippen molar-refractivity contribution in [3.63, 3.8) is 0 Å². The van der Waals surface area contributed by atoms with Crippen molar-refractivity contribution in [3.05, 3.63) is 34.3 Å². The molecule has 21 heavy (non-hydrogen) atoms. The summed E-state index contributed by atoms with van der Waals surface area (Å²) in [7, 11) is 1.59. The number of carbonyl (C=O) groups is 3. The highest BCUT2D eigenvalue weighted by Crippen LogP contribution is 2.32. The van der Waals surface area contributed by atoms with Gasteiger partial charge in [-0.15, -0.1) is 0 Å².